The van der Waals surface area contributed by atoms with Gasteiger partial charge in [0.05, 0.1) is 13.0 Å². The first kappa shape index (κ1) is 18.4. The predicted molar refractivity (Wildman–Crippen MR) is 88.7 cm³/mol. The smallest absolute Gasteiger partial charge is 0.333 e. The lowest BCUT2D eigenvalue weighted by molar-refractivity contribution is -0.145. The van der Waals surface area contributed by atoms with Crippen LogP contribution in [0.3, 0.4) is 0 Å². The predicted octanol–water partition coefficient (Wildman–Crippen LogP) is 2.13. The number of benzene rings is 1. The number of ether oxygens (including phenoxy) is 1. The molecule has 2 rings (SSSR count). The van der Waals surface area contributed by atoms with E-state index in [9.17, 15) is 14.0 Å². The zero-order valence-corrected chi connectivity index (χ0v) is 14.4. The summed E-state index contributed by atoms with van der Waals surface area (Å²) in [6, 6.07) is 4.78. The minimum absolute atomic E-state index is 0.120. The fraction of sp³-hybridized carbons (Fsp3) is 0.556. The Balaban J connectivity index is 2.06. The molecule has 0 aliphatic carbocycles. The second-order valence-corrected chi connectivity index (χ2v) is 6.63. The minimum atomic E-state index is -1.12. The molecule has 0 spiro atoms. The standard InChI is InChI=1S/C18H25FN2O3/c1-12(2)10-21-9-8-13(11-21)17(22)20-16(18(23)24-3)14-6-4-5-7-15(14)19/h4-7,12-13,16H,8-11H2,1-3H3,(H,20,22)/t13-,16+/m0/s1. The van der Waals surface area contributed by atoms with Crippen LogP contribution in [-0.2, 0) is 14.3 Å². The van der Waals surface area contributed by atoms with Crippen LogP contribution in [0, 0.1) is 17.7 Å². The molecule has 1 aromatic rings. The Morgan fingerprint density at radius 3 is 2.71 bits per heavy atom. The Labute approximate surface area is 142 Å². The van der Waals surface area contributed by atoms with Gasteiger partial charge in [-0.25, -0.2) is 9.18 Å². The molecular formula is C18H25FN2O3. The zero-order chi connectivity index (χ0) is 17.7. The number of methoxy groups -OCH3 is 1. The van der Waals surface area contributed by atoms with Crippen LogP contribution in [0.1, 0.15) is 31.9 Å². The molecule has 1 heterocycles. The van der Waals surface area contributed by atoms with Crippen molar-refractivity contribution >= 4 is 11.9 Å². The first-order valence-electron chi connectivity index (χ1n) is 8.27. The maximum absolute atomic E-state index is 14.0. The van der Waals surface area contributed by atoms with Gasteiger partial charge in [-0.05, 0) is 24.9 Å². The molecule has 6 heteroatoms. The Hall–Kier alpha value is -1.95. The molecular weight excluding hydrogens is 311 g/mol. The van der Waals surface area contributed by atoms with Crippen LogP contribution in [0.4, 0.5) is 4.39 Å². The maximum atomic E-state index is 14.0. The van der Waals surface area contributed by atoms with Gasteiger partial charge in [-0.15, -0.1) is 0 Å². The molecule has 0 bridgehead atoms. The molecule has 24 heavy (non-hydrogen) atoms. The zero-order valence-electron chi connectivity index (χ0n) is 14.4. The van der Waals surface area contributed by atoms with E-state index in [2.05, 4.69) is 24.1 Å². The van der Waals surface area contributed by atoms with E-state index in [1.165, 1.54) is 25.3 Å². The van der Waals surface area contributed by atoms with Gasteiger partial charge in [-0.3, -0.25) is 4.79 Å². The summed E-state index contributed by atoms with van der Waals surface area (Å²) in [6.45, 7) is 6.74. The lowest BCUT2D eigenvalue weighted by atomic mass is 10.0. The molecule has 0 saturated carbocycles. The number of nitrogens with one attached hydrogen (secondary N) is 1. The highest BCUT2D eigenvalue weighted by Gasteiger charge is 2.33. The number of halogens is 1. The number of hydrogen-bond acceptors (Lipinski definition) is 4. The fourth-order valence-corrected chi connectivity index (χ4v) is 3.08. The summed E-state index contributed by atoms with van der Waals surface area (Å²) in [5.41, 5.74) is 0.120. The molecule has 0 aromatic heterocycles. The van der Waals surface area contributed by atoms with Crippen LogP contribution in [0.5, 0.6) is 0 Å². The van der Waals surface area contributed by atoms with Gasteiger partial charge in [-0.1, -0.05) is 32.0 Å². The number of hydrogen-bond donors (Lipinski definition) is 1. The summed E-state index contributed by atoms with van der Waals surface area (Å²) < 4.78 is 18.7. The molecule has 5 nitrogen and oxygen atoms in total. The minimum Gasteiger partial charge on any atom is -0.467 e. The monoisotopic (exact) mass is 336 g/mol. The quantitative estimate of drug-likeness (QED) is 0.809. The van der Waals surface area contributed by atoms with Crippen molar-refractivity contribution in [2.45, 2.75) is 26.3 Å². The lowest BCUT2D eigenvalue weighted by Gasteiger charge is -2.21. The Morgan fingerprint density at radius 2 is 2.08 bits per heavy atom. The van der Waals surface area contributed by atoms with Crippen molar-refractivity contribution in [2.24, 2.45) is 11.8 Å². The summed E-state index contributed by atoms with van der Waals surface area (Å²) in [4.78, 5) is 26.8. The highest BCUT2D eigenvalue weighted by molar-refractivity contribution is 5.87. The molecule has 1 aromatic carbocycles. The van der Waals surface area contributed by atoms with Crippen LogP contribution < -0.4 is 5.32 Å². The number of carbonyl (C=O) groups excluding carboxylic acids is 2. The second-order valence-electron chi connectivity index (χ2n) is 6.63. The molecule has 1 N–H and O–H groups in total. The summed E-state index contributed by atoms with van der Waals surface area (Å²) in [6.07, 6.45) is 0.740. The van der Waals surface area contributed by atoms with Gasteiger partial charge >= 0.3 is 5.97 Å². The first-order chi connectivity index (χ1) is 11.4. The molecule has 1 fully saturated rings. The van der Waals surface area contributed by atoms with E-state index in [0.29, 0.717) is 12.5 Å². The number of esters is 1. The van der Waals surface area contributed by atoms with Gasteiger partial charge in [0.1, 0.15) is 5.82 Å². The number of nitrogens with zero attached hydrogens (tertiary/aromatic N) is 1. The van der Waals surface area contributed by atoms with Gasteiger partial charge in [0, 0.05) is 18.7 Å². The molecule has 0 unspecified atom stereocenters. The molecule has 1 amide bonds. The molecule has 132 valence electrons. The van der Waals surface area contributed by atoms with Crippen LogP contribution in [0.25, 0.3) is 0 Å². The van der Waals surface area contributed by atoms with E-state index in [1.54, 1.807) is 6.07 Å². The van der Waals surface area contributed by atoms with E-state index < -0.39 is 17.8 Å². The van der Waals surface area contributed by atoms with Crippen LogP contribution in [-0.4, -0.2) is 43.5 Å². The molecule has 1 aliphatic rings. The average Bonchev–Trinajstić information content (AvgIpc) is 3.00. The summed E-state index contributed by atoms with van der Waals surface area (Å²) in [5, 5.41) is 2.66. The Kier molecular flexibility index (Phi) is 6.31. The van der Waals surface area contributed by atoms with E-state index in [0.717, 1.165) is 19.5 Å². The van der Waals surface area contributed by atoms with Gasteiger partial charge in [-0.2, -0.15) is 0 Å². The third-order valence-electron chi connectivity index (χ3n) is 4.21. The lowest BCUT2D eigenvalue weighted by Crippen LogP contribution is -2.39. The van der Waals surface area contributed by atoms with E-state index in [1.807, 2.05) is 0 Å². The summed E-state index contributed by atoms with van der Waals surface area (Å²) >= 11 is 0. The van der Waals surface area contributed by atoms with Crippen molar-refractivity contribution in [3.8, 4) is 0 Å². The van der Waals surface area contributed by atoms with Gasteiger partial charge in [0.2, 0.25) is 5.91 Å². The third-order valence-corrected chi connectivity index (χ3v) is 4.21. The van der Waals surface area contributed by atoms with Crippen molar-refractivity contribution in [3.63, 3.8) is 0 Å². The SMILES string of the molecule is COC(=O)[C@H](NC(=O)[C@H]1CCN(CC(C)C)C1)c1ccccc1F. The van der Waals surface area contributed by atoms with E-state index >= 15 is 0 Å². The van der Waals surface area contributed by atoms with Crippen molar-refractivity contribution in [3.05, 3.63) is 35.6 Å². The van der Waals surface area contributed by atoms with Gasteiger partial charge < -0.3 is 15.0 Å². The van der Waals surface area contributed by atoms with E-state index in [-0.39, 0.29) is 17.4 Å². The molecule has 1 saturated heterocycles. The molecule has 1 aliphatic heterocycles. The summed E-state index contributed by atoms with van der Waals surface area (Å²) in [5.74, 6) is -1.11. The van der Waals surface area contributed by atoms with E-state index in [4.69, 9.17) is 4.74 Å². The van der Waals surface area contributed by atoms with Crippen LogP contribution in [0.15, 0.2) is 24.3 Å². The number of likely N-dealkylation sites (tertiary alicyclic amines) is 1. The van der Waals surface area contributed by atoms with Crippen molar-refractivity contribution in [1.29, 1.82) is 0 Å². The van der Waals surface area contributed by atoms with Gasteiger partial charge in [0.15, 0.2) is 6.04 Å². The molecule has 2 atom stereocenters. The average molecular weight is 336 g/mol. The second kappa shape index (κ2) is 8.24. The topological polar surface area (TPSA) is 58.6 Å². The largest absolute Gasteiger partial charge is 0.467 e. The van der Waals surface area contributed by atoms with Gasteiger partial charge in [0.25, 0.3) is 0 Å². The Bertz CT molecular complexity index is 591. The number of carbonyl (C=O) groups is 2. The highest BCUT2D eigenvalue weighted by atomic mass is 19.1. The maximum Gasteiger partial charge on any atom is 0.333 e. The number of amides is 1. The summed E-state index contributed by atoms with van der Waals surface area (Å²) in [7, 11) is 1.22. The van der Waals surface area contributed by atoms with Crippen LogP contribution in [0.2, 0.25) is 0 Å². The van der Waals surface area contributed by atoms with Crippen LogP contribution >= 0.6 is 0 Å². The fourth-order valence-electron chi connectivity index (χ4n) is 3.08. The molecule has 0 radical (unpaired) electrons. The number of rotatable bonds is 6. The van der Waals surface area contributed by atoms with Crippen molar-refractivity contribution in [2.75, 3.05) is 26.7 Å². The first-order valence-corrected chi connectivity index (χ1v) is 8.27. The third kappa shape index (κ3) is 4.54. The Morgan fingerprint density at radius 1 is 1.38 bits per heavy atom. The highest BCUT2D eigenvalue weighted by Crippen LogP contribution is 2.22. The van der Waals surface area contributed by atoms with Crippen molar-refractivity contribution < 1.29 is 18.7 Å². The van der Waals surface area contributed by atoms with Crippen molar-refractivity contribution in [1.82, 2.24) is 10.2 Å². The normalized spacial score (nSPS) is 19.3.